The van der Waals surface area contributed by atoms with Crippen LogP contribution in [0.4, 0.5) is 11.4 Å². The van der Waals surface area contributed by atoms with Gasteiger partial charge < -0.3 is 9.80 Å². The Labute approximate surface area is 209 Å². The average molecular weight is 513 g/mol. The number of anilines is 1. The number of fused-ring (bicyclic) bond motifs is 1. The third-order valence-corrected chi connectivity index (χ3v) is 7.11. The average Bonchev–Trinajstić information content (AvgIpc) is 3.30. The fourth-order valence-electron chi connectivity index (χ4n) is 3.67. The quantitative estimate of drug-likeness (QED) is 0.234. The number of likely N-dealkylation sites (N-methyl/N-ethyl adjacent to an activating group) is 2. The lowest BCUT2D eigenvalue weighted by molar-refractivity contribution is -0.385. The first-order chi connectivity index (χ1) is 17.1. The number of nitro groups is 1. The van der Waals surface area contributed by atoms with E-state index in [1.807, 2.05) is 13.8 Å². The van der Waals surface area contributed by atoms with E-state index in [0.717, 1.165) is 19.2 Å². The fourth-order valence-corrected chi connectivity index (χ4v) is 4.80. The van der Waals surface area contributed by atoms with Gasteiger partial charge in [0.05, 0.1) is 39.7 Å². The number of nitrogens with one attached hydrogen (secondary N) is 1. The van der Waals surface area contributed by atoms with E-state index in [2.05, 4.69) is 26.0 Å². The van der Waals surface area contributed by atoms with Crippen LogP contribution in [0.3, 0.4) is 0 Å². The van der Waals surface area contributed by atoms with Crippen LogP contribution in [0.15, 0.2) is 52.7 Å². The molecule has 13 heteroatoms. The summed E-state index contributed by atoms with van der Waals surface area (Å²) < 4.78 is 28.1. The molecule has 0 aliphatic rings. The molecule has 0 unspecified atom stereocenters. The van der Waals surface area contributed by atoms with Crippen molar-refractivity contribution in [2.24, 2.45) is 5.10 Å². The summed E-state index contributed by atoms with van der Waals surface area (Å²) in [7, 11) is -2.53. The predicted molar refractivity (Wildman–Crippen MR) is 137 cm³/mol. The summed E-state index contributed by atoms with van der Waals surface area (Å²) in [4.78, 5) is 16.6. The lowest BCUT2D eigenvalue weighted by Crippen LogP contribution is -2.34. The lowest BCUT2D eigenvalue weighted by Gasteiger charge is -2.26. The van der Waals surface area contributed by atoms with Gasteiger partial charge in [0, 0.05) is 44.0 Å². The van der Waals surface area contributed by atoms with Crippen molar-refractivity contribution in [2.45, 2.75) is 25.7 Å². The molecule has 0 fully saturated rings. The number of aromatic nitrogens is 2. The second-order valence-electron chi connectivity index (χ2n) is 8.06. The van der Waals surface area contributed by atoms with E-state index in [1.54, 1.807) is 41.7 Å². The van der Waals surface area contributed by atoms with Crippen molar-refractivity contribution in [1.82, 2.24) is 19.3 Å². The Morgan fingerprint density at radius 1 is 1.25 bits per heavy atom. The van der Waals surface area contributed by atoms with Crippen molar-refractivity contribution in [3.8, 4) is 6.07 Å². The van der Waals surface area contributed by atoms with Crippen LogP contribution in [0, 0.1) is 21.4 Å². The molecule has 0 bridgehead atoms. The number of nitriles is 1. The van der Waals surface area contributed by atoms with Crippen LogP contribution in [-0.4, -0.2) is 66.8 Å². The number of nitro benzene ring substituents is 1. The predicted octanol–water partition coefficient (Wildman–Crippen LogP) is 2.59. The second-order valence-corrected chi connectivity index (χ2v) is 9.69. The number of hydrogen-bond acceptors (Lipinski definition) is 9. The van der Waals surface area contributed by atoms with Crippen molar-refractivity contribution >= 4 is 32.6 Å². The molecule has 2 aromatic heterocycles. The topological polar surface area (TPSA) is 149 Å². The minimum Gasteiger partial charge on any atom is -0.372 e. The Balaban J connectivity index is 1.95. The zero-order chi connectivity index (χ0) is 26.5. The van der Waals surface area contributed by atoms with Crippen molar-refractivity contribution in [3.63, 3.8) is 0 Å². The number of pyridine rings is 1. The van der Waals surface area contributed by atoms with E-state index in [0.29, 0.717) is 41.1 Å². The maximum absolute atomic E-state index is 13.3. The van der Waals surface area contributed by atoms with Gasteiger partial charge in [0.25, 0.3) is 15.7 Å². The van der Waals surface area contributed by atoms with Gasteiger partial charge in [-0.25, -0.2) is 4.52 Å². The van der Waals surface area contributed by atoms with Crippen LogP contribution in [0.2, 0.25) is 0 Å². The Kier molecular flexibility index (Phi) is 8.23. The molecule has 3 rings (SSSR count). The van der Waals surface area contributed by atoms with Gasteiger partial charge in [0.1, 0.15) is 4.90 Å². The Hall–Kier alpha value is -4.02. The van der Waals surface area contributed by atoms with Gasteiger partial charge in [0.15, 0.2) is 0 Å². The van der Waals surface area contributed by atoms with E-state index < -0.39 is 14.9 Å². The Morgan fingerprint density at radius 3 is 2.61 bits per heavy atom. The van der Waals surface area contributed by atoms with Crippen LogP contribution in [0.25, 0.3) is 5.52 Å². The minimum absolute atomic E-state index is 0.248. The number of sulfonamides is 1. The molecule has 1 aromatic carbocycles. The molecule has 3 aromatic rings. The first kappa shape index (κ1) is 26.6. The molecular formula is C23H28N8O4S. The number of nitrogens with zero attached hydrogens (tertiary/aromatic N) is 7. The lowest BCUT2D eigenvalue weighted by atomic mass is 10.1. The van der Waals surface area contributed by atoms with Gasteiger partial charge in [-0.15, -0.1) is 0 Å². The molecule has 2 heterocycles. The first-order valence-corrected chi connectivity index (χ1v) is 12.8. The third-order valence-electron chi connectivity index (χ3n) is 5.87. The van der Waals surface area contributed by atoms with E-state index in [9.17, 15) is 23.8 Å². The normalized spacial score (nSPS) is 12.1. The summed E-state index contributed by atoms with van der Waals surface area (Å²) in [6.45, 7) is 8.61. The van der Waals surface area contributed by atoms with Crippen LogP contribution in [0.5, 0.6) is 0 Å². The maximum atomic E-state index is 13.3. The molecule has 0 amide bonds. The van der Waals surface area contributed by atoms with E-state index >= 15 is 0 Å². The zero-order valence-corrected chi connectivity index (χ0v) is 21.4. The molecule has 0 saturated heterocycles. The van der Waals surface area contributed by atoms with Crippen LogP contribution in [0.1, 0.15) is 31.9 Å². The van der Waals surface area contributed by atoms with Crippen molar-refractivity contribution < 1.29 is 13.3 Å². The number of hydrazone groups is 1. The molecule has 1 N–H and O–H groups in total. The molecular weight excluding hydrogens is 484 g/mol. The summed E-state index contributed by atoms with van der Waals surface area (Å²) in [6.07, 6.45) is 3.14. The van der Waals surface area contributed by atoms with Gasteiger partial charge in [-0.05, 0) is 38.2 Å². The van der Waals surface area contributed by atoms with E-state index in [-0.39, 0.29) is 10.6 Å². The summed E-state index contributed by atoms with van der Waals surface area (Å²) in [5.74, 6) is 0. The van der Waals surface area contributed by atoms with E-state index in [4.69, 9.17) is 0 Å². The molecule has 0 atom stereocenters. The highest BCUT2D eigenvalue weighted by Crippen LogP contribution is 2.29. The van der Waals surface area contributed by atoms with Gasteiger partial charge >= 0.3 is 0 Å². The summed E-state index contributed by atoms with van der Waals surface area (Å²) in [6, 6.07) is 9.03. The number of benzene rings is 1. The van der Waals surface area contributed by atoms with Gasteiger partial charge in [0.2, 0.25) is 0 Å². The Bertz CT molecular complexity index is 1440. The molecule has 36 heavy (non-hydrogen) atoms. The van der Waals surface area contributed by atoms with Crippen molar-refractivity contribution in [2.75, 3.05) is 38.1 Å². The molecule has 12 nitrogen and oxygen atoms in total. The maximum Gasteiger partial charge on any atom is 0.278 e. The van der Waals surface area contributed by atoms with Crippen molar-refractivity contribution in [3.05, 3.63) is 64.0 Å². The molecule has 0 aliphatic carbocycles. The highest BCUT2D eigenvalue weighted by atomic mass is 32.2. The number of non-ortho nitro benzene ring substituents is 1. The molecule has 0 spiro atoms. The van der Waals surface area contributed by atoms with Gasteiger partial charge in [-0.3, -0.25) is 10.1 Å². The van der Waals surface area contributed by atoms with Crippen LogP contribution in [-0.2, 0) is 10.0 Å². The summed E-state index contributed by atoms with van der Waals surface area (Å²) >= 11 is 0. The standard InChI is InChI=1S/C23H28N8O4S/c1-5-29(6-2)12-11-28(4)21-8-7-19(31(32)33)14-23(21)36(34,35)27-26-17(3)20-16-25-30-10-9-18(15-24)13-22(20)30/h7-10,13-14,16,27H,5-6,11-12H2,1-4H3/b26-17+. The molecule has 0 radical (unpaired) electrons. The van der Waals surface area contributed by atoms with Crippen molar-refractivity contribution in [1.29, 1.82) is 5.26 Å². The third kappa shape index (κ3) is 5.78. The van der Waals surface area contributed by atoms with Gasteiger partial charge in [-0.1, -0.05) is 13.8 Å². The van der Waals surface area contributed by atoms with Crippen LogP contribution >= 0.6 is 0 Å². The summed E-state index contributed by atoms with van der Waals surface area (Å²) in [5.41, 5.74) is 1.83. The molecule has 0 saturated carbocycles. The summed E-state index contributed by atoms with van der Waals surface area (Å²) in [5, 5.41) is 28.8. The second kappa shape index (κ2) is 11.1. The Morgan fingerprint density at radius 2 is 1.97 bits per heavy atom. The highest BCUT2D eigenvalue weighted by Gasteiger charge is 2.24. The molecule has 190 valence electrons. The first-order valence-electron chi connectivity index (χ1n) is 11.3. The minimum atomic E-state index is -4.27. The van der Waals surface area contributed by atoms with Gasteiger partial charge in [-0.2, -0.15) is 28.7 Å². The largest absolute Gasteiger partial charge is 0.372 e. The zero-order valence-electron chi connectivity index (χ0n) is 20.5. The SMILES string of the molecule is CCN(CC)CCN(C)c1ccc([N+](=O)[O-])cc1S(=O)(=O)N/N=C(\C)c1cnn2ccc(C#N)cc12. The molecule has 0 aliphatic heterocycles. The van der Waals surface area contributed by atoms with E-state index in [1.165, 1.54) is 18.3 Å². The number of rotatable bonds is 11. The number of hydrogen-bond donors (Lipinski definition) is 1. The fraction of sp³-hybridized carbons (Fsp3) is 0.348. The highest BCUT2D eigenvalue weighted by molar-refractivity contribution is 7.89. The smallest absolute Gasteiger partial charge is 0.278 e. The monoisotopic (exact) mass is 512 g/mol. The van der Waals surface area contributed by atoms with Crippen LogP contribution < -0.4 is 9.73 Å².